The third-order valence-electron chi connectivity index (χ3n) is 4.84. The Morgan fingerprint density at radius 1 is 0.960 bits per heavy atom. The van der Waals surface area contributed by atoms with Crippen LogP contribution in [-0.2, 0) is 14.3 Å². The first kappa shape index (κ1) is 15.8. The molecule has 2 heterocycles. The van der Waals surface area contributed by atoms with E-state index in [0.717, 1.165) is 0 Å². The standard InChI is InChI=1S/C18H16O7/c1-7-12-15(18-10(24-7)6-11(19)25-18)17(21)14-9(23-3)5-4-8(22-2)13(14)16(12)20/h4-5,7,10,18H,6H2,1-3H3/t7-,10+,18-/m1/s1. The summed E-state index contributed by atoms with van der Waals surface area (Å²) in [4.78, 5) is 38.1. The van der Waals surface area contributed by atoms with E-state index in [4.69, 9.17) is 18.9 Å². The minimum atomic E-state index is -0.862. The predicted molar refractivity (Wildman–Crippen MR) is 84.1 cm³/mol. The van der Waals surface area contributed by atoms with Gasteiger partial charge in [0.1, 0.15) is 17.6 Å². The van der Waals surface area contributed by atoms with Crippen molar-refractivity contribution in [1.82, 2.24) is 0 Å². The molecule has 4 rings (SSSR count). The number of fused-ring (bicyclic) bond motifs is 3. The lowest BCUT2D eigenvalue weighted by Gasteiger charge is -2.35. The molecule has 0 unspecified atom stereocenters. The fraction of sp³-hybridized carbons (Fsp3) is 0.389. The van der Waals surface area contributed by atoms with Gasteiger partial charge in [-0.2, -0.15) is 0 Å². The van der Waals surface area contributed by atoms with E-state index in [1.807, 2.05) is 0 Å². The largest absolute Gasteiger partial charge is 0.496 e. The predicted octanol–water partition coefficient (Wildman–Crippen LogP) is 1.48. The number of esters is 1. The number of carbonyl (C=O) groups is 3. The summed E-state index contributed by atoms with van der Waals surface area (Å²) in [5.41, 5.74) is 0.712. The van der Waals surface area contributed by atoms with Crippen molar-refractivity contribution in [3.05, 3.63) is 34.4 Å². The molecule has 25 heavy (non-hydrogen) atoms. The van der Waals surface area contributed by atoms with Crippen LogP contribution < -0.4 is 9.47 Å². The maximum atomic E-state index is 13.2. The zero-order valence-corrected chi connectivity index (χ0v) is 14.0. The number of ether oxygens (including phenoxy) is 4. The summed E-state index contributed by atoms with van der Waals surface area (Å²) in [6, 6.07) is 3.16. The first-order chi connectivity index (χ1) is 12.0. The van der Waals surface area contributed by atoms with E-state index >= 15 is 0 Å². The molecule has 3 atom stereocenters. The number of methoxy groups -OCH3 is 2. The molecule has 1 fully saturated rings. The van der Waals surface area contributed by atoms with Crippen molar-refractivity contribution in [3.8, 4) is 11.5 Å². The molecule has 0 spiro atoms. The molecule has 1 aromatic rings. The highest BCUT2D eigenvalue weighted by atomic mass is 16.6. The van der Waals surface area contributed by atoms with Crippen LogP contribution in [0.25, 0.3) is 0 Å². The quantitative estimate of drug-likeness (QED) is 0.751. The molecule has 2 aliphatic heterocycles. The lowest BCUT2D eigenvalue weighted by atomic mass is 9.77. The Morgan fingerprint density at radius 3 is 2.08 bits per heavy atom. The zero-order chi connectivity index (χ0) is 17.9. The highest BCUT2D eigenvalue weighted by Crippen LogP contribution is 2.44. The summed E-state index contributed by atoms with van der Waals surface area (Å²) in [6.07, 6.45) is -1.98. The molecule has 0 saturated carbocycles. The molecule has 0 bridgehead atoms. The summed E-state index contributed by atoms with van der Waals surface area (Å²) in [5.74, 6) is -0.631. The molecule has 0 amide bonds. The zero-order valence-electron chi connectivity index (χ0n) is 14.0. The van der Waals surface area contributed by atoms with Crippen molar-refractivity contribution in [1.29, 1.82) is 0 Å². The summed E-state index contributed by atoms with van der Waals surface area (Å²) in [7, 11) is 2.86. The fourth-order valence-electron chi connectivity index (χ4n) is 3.79. The number of rotatable bonds is 2. The van der Waals surface area contributed by atoms with Gasteiger partial charge in [-0.1, -0.05) is 0 Å². The van der Waals surface area contributed by atoms with E-state index in [0.29, 0.717) is 5.75 Å². The number of hydrogen-bond donors (Lipinski definition) is 0. The van der Waals surface area contributed by atoms with Crippen LogP contribution >= 0.6 is 0 Å². The molecule has 130 valence electrons. The number of carbonyl (C=O) groups excluding carboxylic acids is 3. The van der Waals surface area contributed by atoms with Gasteiger partial charge in [-0.25, -0.2) is 0 Å². The van der Waals surface area contributed by atoms with Crippen LogP contribution in [0.5, 0.6) is 11.5 Å². The Labute approximate surface area is 143 Å². The molecule has 1 aliphatic carbocycles. The Hall–Kier alpha value is -2.67. The molecular formula is C18H16O7. The van der Waals surface area contributed by atoms with Crippen molar-refractivity contribution >= 4 is 17.5 Å². The van der Waals surface area contributed by atoms with E-state index in [-0.39, 0.29) is 46.0 Å². The number of ketones is 2. The smallest absolute Gasteiger partial charge is 0.309 e. The van der Waals surface area contributed by atoms with Gasteiger partial charge in [0.25, 0.3) is 0 Å². The first-order valence-electron chi connectivity index (χ1n) is 7.91. The van der Waals surface area contributed by atoms with E-state index in [1.54, 1.807) is 19.1 Å². The van der Waals surface area contributed by atoms with Gasteiger partial charge >= 0.3 is 5.97 Å². The molecule has 3 aliphatic rings. The van der Waals surface area contributed by atoms with Crippen LogP contribution in [0.2, 0.25) is 0 Å². The van der Waals surface area contributed by atoms with Gasteiger partial charge in [-0.3, -0.25) is 14.4 Å². The van der Waals surface area contributed by atoms with Gasteiger partial charge in [0.15, 0.2) is 17.7 Å². The van der Waals surface area contributed by atoms with E-state index < -0.39 is 24.3 Å². The minimum Gasteiger partial charge on any atom is -0.496 e. The highest BCUT2D eigenvalue weighted by Gasteiger charge is 2.52. The van der Waals surface area contributed by atoms with Crippen LogP contribution in [0.1, 0.15) is 34.1 Å². The SMILES string of the molecule is COc1ccc(OC)c2c1C(=O)C1=C(C2=O)[C@@H]2OC(=O)C[C@@H]2O[C@@H]1C. The maximum absolute atomic E-state index is 13.2. The molecule has 7 heteroatoms. The average Bonchev–Trinajstić information content (AvgIpc) is 2.96. The van der Waals surface area contributed by atoms with Crippen molar-refractivity contribution in [2.24, 2.45) is 0 Å². The summed E-state index contributed by atoms with van der Waals surface area (Å²) in [5, 5.41) is 0. The molecule has 1 saturated heterocycles. The van der Waals surface area contributed by atoms with Gasteiger partial charge in [-0.05, 0) is 19.1 Å². The summed E-state index contributed by atoms with van der Waals surface area (Å²) in [6.45, 7) is 1.69. The Balaban J connectivity index is 1.97. The maximum Gasteiger partial charge on any atom is 0.309 e. The van der Waals surface area contributed by atoms with Crippen LogP contribution in [0.15, 0.2) is 23.3 Å². The number of benzene rings is 1. The first-order valence-corrected chi connectivity index (χ1v) is 7.91. The monoisotopic (exact) mass is 344 g/mol. The van der Waals surface area contributed by atoms with Crippen molar-refractivity contribution in [2.75, 3.05) is 14.2 Å². The normalized spacial score (nSPS) is 27.5. The molecule has 1 aromatic carbocycles. The van der Waals surface area contributed by atoms with Crippen LogP contribution in [0.3, 0.4) is 0 Å². The average molecular weight is 344 g/mol. The van der Waals surface area contributed by atoms with Gasteiger partial charge in [-0.15, -0.1) is 0 Å². The molecular weight excluding hydrogens is 328 g/mol. The van der Waals surface area contributed by atoms with Gasteiger partial charge in [0, 0.05) is 5.57 Å². The van der Waals surface area contributed by atoms with Gasteiger partial charge in [0.05, 0.1) is 43.4 Å². The second-order valence-corrected chi connectivity index (χ2v) is 6.14. The molecule has 0 N–H and O–H groups in total. The van der Waals surface area contributed by atoms with Crippen LogP contribution in [0.4, 0.5) is 0 Å². The van der Waals surface area contributed by atoms with Crippen LogP contribution in [0, 0.1) is 0 Å². The number of hydrogen-bond acceptors (Lipinski definition) is 7. The number of Topliss-reactive ketones (excluding diaryl/α,β-unsaturated/α-hetero) is 2. The topological polar surface area (TPSA) is 88.1 Å². The van der Waals surface area contributed by atoms with E-state index in [9.17, 15) is 14.4 Å². The highest BCUT2D eigenvalue weighted by molar-refractivity contribution is 6.30. The minimum absolute atomic E-state index is 0.0648. The Morgan fingerprint density at radius 2 is 1.52 bits per heavy atom. The van der Waals surface area contributed by atoms with E-state index in [2.05, 4.69) is 0 Å². The fourth-order valence-corrected chi connectivity index (χ4v) is 3.79. The van der Waals surface area contributed by atoms with Crippen molar-refractivity contribution in [3.63, 3.8) is 0 Å². The Bertz CT molecular complexity index is 851. The second-order valence-electron chi connectivity index (χ2n) is 6.14. The van der Waals surface area contributed by atoms with Gasteiger partial charge in [0.2, 0.25) is 0 Å². The lowest BCUT2D eigenvalue weighted by Crippen LogP contribution is -2.44. The third kappa shape index (κ3) is 2.05. The molecule has 0 radical (unpaired) electrons. The van der Waals surface area contributed by atoms with E-state index in [1.165, 1.54) is 14.2 Å². The van der Waals surface area contributed by atoms with Gasteiger partial charge < -0.3 is 18.9 Å². The summed E-state index contributed by atoms with van der Waals surface area (Å²) >= 11 is 0. The van der Waals surface area contributed by atoms with Crippen molar-refractivity contribution in [2.45, 2.75) is 31.7 Å². The lowest BCUT2D eigenvalue weighted by molar-refractivity contribution is -0.140. The second kappa shape index (κ2) is 5.42. The molecule has 0 aromatic heterocycles. The van der Waals surface area contributed by atoms with Crippen molar-refractivity contribution < 1.29 is 33.3 Å². The molecule has 7 nitrogen and oxygen atoms in total. The third-order valence-corrected chi connectivity index (χ3v) is 4.84. The van der Waals surface area contributed by atoms with Crippen LogP contribution in [-0.4, -0.2) is 50.1 Å². The summed E-state index contributed by atoms with van der Waals surface area (Å²) < 4.78 is 21.6. The Kier molecular flexibility index (Phi) is 3.43.